The van der Waals surface area contributed by atoms with Gasteiger partial charge in [0.05, 0.1) is 23.9 Å². The minimum atomic E-state index is -1.09. The molecule has 216 valence electrons. The molecule has 0 amide bonds. The Morgan fingerprint density at radius 1 is 1.15 bits per heavy atom. The number of carbonyl (C=O) groups is 2. The fourth-order valence-electron chi connectivity index (χ4n) is 4.41. The molecule has 1 aliphatic heterocycles. The quantitative estimate of drug-likeness (QED) is 0.218. The first kappa shape index (κ1) is 32.5. The number of aliphatic hydroxyl groups excluding tert-OH is 3. The van der Waals surface area contributed by atoms with Gasteiger partial charge in [0.15, 0.2) is 0 Å². The molecular weight excluding hydrogens is 496 g/mol. The van der Waals surface area contributed by atoms with Gasteiger partial charge >= 0.3 is 11.9 Å². The summed E-state index contributed by atoms with van der Waals surface area (Å²) in [7, 11) is 0. The van der Waals surface area contributed by atoms with Gasteiger partial charge in [-0.3, -0.25) is 4.79 Å². The summed E-state index contributed by atoms with van der Waals surface area (Å²) in [6.45, 7) is 9.52. The van der Waals surface area contributed by atoms with Crippen molar-refractivity contribution in [2.45, 2.75) is 104 Å². The Hall–Kier alpha value is -2.74. The van der Waals surface area contributed by atoms with Crippen molar-refractivity contribution < 1.29 is 34.4 Å². The minimum absolute atomic E-state index is 0.0808. The molecule has 0 aromatic heterocycles. The summed E-state index contributed by atoms with van der Waals surface area (Å²) in [5, 5.41) is 29.5. The topological polar surface area (TPSA) is 113 Å². The summed E-state index contributed by atoms with van der Waals surface area (Å²) in [5.74, 6) is -0.276. The summed E-state index contributed by atoms with van der Waals surface area (Å²) < 4.78 is 11.6. The van der Waals surface area contributed by atoms with Crippen molar-refractivity contribution in [1.29, 1.82) is 0 Å². The second-order valence-electron chi connectivity index (χ2n) is 11.0. The van der Waals surface area contributed by atoms with Crippen molar-refractivity contribution in [3.63, 3.8) is 0 Å². The second-order valence-corrected chi connectivity index (χ2v) is 11.0. The number of hydrogen-bond acceptors (Lipinski definition) is 7. The van der Waals surface area contributed by atoms with E-state index in [0.717, 1.165) is 17.6 Å². The molecule has 0 saturated heterocycles. The average Bonchev–Trinajstić information content (AvgIpc) is 2.87. The SMILES string of the molecule is CC(/C=C/c1cccc(C(=O)OC2CCCC(=O)OC(C(C)C)C/C=C\CC2C)c1)=C\C(O)C(O)CC(C)O. The number of cyclic esters (lactones) is 1. The van der Waals surface area contributed by atoms with Crippen molar-refractivity contribution in [1.82, 2.24) is 0 Å². The summed E-state index contributed by atoms with van der Waals surface area (Å²) in [4.78, 5) is 25.4. The largest absolute Gasteiger partial charge is 0.462 e. The summed E-state index contributed by atoms with van der Waals surface area (Å²) in [6.07, 6.45) is 8.95. The molecule has 0 bridgehead atoms. The van der Waals surface area contributed by atoms with Crippen LogP contribution in [-0.4, -0.2) is 57.8 Å². The van der Waals surface area contributed by atoms with Gasteiger partial charge in [-0.25, -0.2) is 4.79 Å². The van der Waals surface area contributed by atoms with Crippen molar-refractivity contribution in [3.05, 3.63) is 65.3 Å². The van der Waals surface area contributed by atoms with Crippen LogP contribution in [0.15, 0.2) is 54.1 Å². The molecule has 7 nitrogen and oxygen atoms in total. The van der Waals surface area contributed by atoms with Gasteiger partial charge in [-0.2, -0.15) is 0 Å². The third-order valence-corrected chi connectivity index (χ3v) is 6.90. The number of aliphatic hydroxyl groups is 3. The average molecular weight is 543 g/mol. The first-order chi connectivity index (χ1) is 18.5. The maximum Gasteiger partial charge on any atom is 0.338 e. The number of esters is 2. The van der Waals surface area contributed by atoms with E-state index in [-0.39, 0.29) is 36.4 Å². The van der Waals surface area contributed by atoms with Crippen LogP contribution in [0.4, 0.5) is 0 Å². The normalized spacial score (nSPS) is 24.8. The Kier molecular flexibility index (Phi) is 13.6. The predicted molar refractivity (Wildman–Crippen MR) is 153 cm³/mol. The van der Waals surface area contributed by atoms with E-state index in [1.165, 1.54) is 6.08 Å². The molecule has 0 spiro atoms. The van der Waals surface area contributed by atoms with Crippen LogP contribution in [-0.2, 0) is 14.3 Å². The standard InChI is InChI=1S/C32H46O7/c1-21(2)29-13-7-6-10-23(4)30(14-9-15-31(36)38-29)39-32(37)26-12-8-11-25(20-26)17-16-22(3)18-27(34)28(35)19-24(5)33/h6-8,11-12,16-18,20-21,23-24,27-30,33-35H,9-10,13-15,19H2,1-5H3/b7-6-,17-16+,22-18+. The molecule has 1 aromatic rings. The maximum atomic E-state index is 13.1. The molecule has 0 fully saturated rings. The summed E-state index contributed by atoms with van der Waals surface area (Å²) >= 11 is 0. The molecule has 1 heterocycles. The highest BCUT2D eigenvalue weighted by Gasteiger charge is 2.24. The van der Waals surface area contributed by atoms with Crippen LogP contribution in [0.3, 0.4) is 0 Å². The van der Waals surface area contributed by atoms with E-state index >= 15 is 0 Å². The van der Waals surface area contributed by atoms with E-state index in [9.17, 15) is 24.9 Å². The third-order valence-electron chi connectivity index (χ3n) is 6.90. The molecule has 39 heavy (non-hydrogen) atoms. The Morgan fingerprint density at radius 3 is 2.56 bits per heavy atom. The molecule has 3 N–H and O–H groups in total. The summed E-state index contributed by atoms with van der Waals surface area (Å²) in [5.41, 5.74) is 1.95. The molecule has 1 aromatic carbocycles. The Labute approximate surface area is 233 Å². The van der Waals surface area contributed by atoms with E-state index in [0.29, 0.717) is 31.2 Å². The van der Waals surface area contributed by atoms with Crippen molar-refractivity contribution >= 4 is 18.0 Å². The molecule has 2 rings (SSSR count). The highest BCUT2D eigenvalue weighted by atomic mass is 16.5. The highest BCUT2D eigenvalue weighted by molar-refractivity contribution is 5.90. The first-order valence-corrected chi connectivity index (χ1v) is 14.0. The lowest BCUT2D eigenvalue weighted by Crippen LogP contribution is -2.27. The number of ether oxygens (including phenoxy) is 2. The molecule has 6 atom stereocenters. The molecular formula is C32H46O7. The van der Waals surface area contributed by atoms with Gasteiger partial charge in [0, 0.05) is 19.3 Å². The number of allylic oxidation sites excluding steroid dienone is 3. The zero-order chi connectivity index (χ0) is 28.9. The maximum absolute atomic E-state index is 13.1. The van der Waals surface area contributed by atoms with E-state index in [1.54, 1.807) is 38.1 Å². The Bertz CT molecular complexity index is 1010. The predicted octanol–water partition coefficient (Wildman–Crippen LogP) is 5.39. The number of carbonyl (C=O) groups excluding carboxylic acids is 2. The lowest BCUT2D eigenvalue weighted by Gasteiger charge is -2.25. The third kappa shape index (κ3) is 11.9. The van der Waals surface area contributed by atoms with E-state index in [2.05, 4.69) is 26.8 Å². The lowest BCUT2D eigenvalue weighted by atomic mass is 9.94. The number of benzene rings is 1. The van der Waals surface area contributed by atoms with Gasteiger partial charge in [-0.05, 0) is 62.6 Å². The van der Waals surface area contributed by atoms with Crippen molar-refractivity contribution in [2.24, 2.45) is 11.8 Å². The minimum Gasteiger partial charge on any atom is -0.462 e. The van der Waals surface area contributed by atoms with Gasteiger partial charge in [0.25, 0.3) is 0 Å². The van der Waals surface area contributed by atoms with E-state index < -0.39 is 24.3 Å². The van der Waals surface area contributed by atoms with Gasteiger partial charge < -0.3 is 24.8 Å². The van der Waals surface area contributed by atoms with Gasteiger partial charge in [0.1, 0.15) is 12.2 Å². The molecule has 1 aliphatic rings. The van der Waals surface area contributed by atoms with E-state index in [4.69, 9.17) is 9.47 Å². The molecule has 0 aliphatic carbocycles. The van der Waals surface area contributed by atoms with Crippen LogP contribution in [0.5, 0.6) is 0 Å². The lowest BCUT2D eigenvalue weighted by molar-refractivity contribution is -0.151. The zero-order valence-electron chi connectivity index (χ0n) is 24.0. The molecule has 6 unspecified atom stereocenters. The van der Waals surface area contributed by atoms with Crippen molar-refractivity contribution in [2.75, 3.05) is 0 Å². The van der Waals surface area contributed by atoms with Crippen LogP contribution in [0, 0.1) is 11.8 Å². The first-order valence-electron chi connectivity index (χ1n) is 14.0. The van der Waals surface area contributed by atoms with Gasteiger partial charge in [-0.1, -0.05) is 68.9 Å². The fraction of sp³-hybridized carbons (Fsp3) is 0.562. The highest BCUT2D eigenvalue weighted by Crippen LogP contribution is 2.23. The molecule has 7 heteroatoms. The summed E-state index contributed by atoms with van der Waals surface area (Å²) in [6, 6.07) is 7.10. The van der Waals surface area contributed by atoms with E-state index in [1.807, 2.05) is 18.2 Å². The zero-order valence-corrected chi connectivity index (χ0v) is 24.0. The van der Waals surface area contributed by atoms with Crippen LogP contribution in [0.25, 0.3) is 6.08 Å². The molecule has 0 radical (unpaired) electrons. The smallest absolute Gasteiger partial charge is 0.338 e. The van der Waals surface area contributed by atoms with Crippen LogP contribution in [0.1, 0.15) is 89.1 Å². The van der Waals surface area contributed by atoms with Crippen LogP contribution in [0.2, 0.25) is 0 Å². The Morgan fingerprint density at radius 2 is 1.87 bits per heavy atom. The second kappa shape index (κ2) is 16.4. The van der Waals surface area contributed by atoms with Crippen LogP contribution >= 0.6 is 0 Å². The Balaban J connectivity index is 2.06. The van der Waals surface area contributed by atoms with Gasteiger partial charge in [0.2, 0.25) is 0 Å². The number of hydrogen-bond donors (Lipinski definition) is 3. The fourth-order valence-corrected chi connectivity index (χ4v) is 4.41. The van der Waals surface area contributed by atoms with Gasteiger partial charge in [-0.15, -0.1) is 0 Å². The van der Waals surface area contributed by atoms with Crippen LogP contribution < -0.4 is 0 Å². The monoisotopic (exact) mass is 542 g/mol. The molecule has 0 saturated carbocycles. The van der Waals surface area contributed by atoms with Crippen molar-refractivity contribution in [3.8, 4) is 0 Å². The number of rotatable bonds is 9.